The third-order valence-electron chi connectivity index (χ3n) is 2.69. The van der Waals surface area contributed by atoms with Crippen molar-refractivity contribution in [2.24, 2.45) is 0 Å². The number of rotatable bonds is 8. The Kier molecular flexibility index (Phi) is 7.35. The molecule has 0 saturated heterocycles. The molecule has 0 heterocycles. The highest BCUT2D eigenvalue weighted by Crippen LogP contribution is 2.16. The van der Waals surface area contributed by atoms with E-state index in [1.54, 1.807) is 0 Å². The Balaban J connectivity index is 2.09. The minimum absolute atomic E-state index is 0.214. The average Bonchev–Trinajstić information content (AvgIpc) is 2.34. The Labute approximate surface area is 105 Å². The smallest absolute Gasteiger partial charge is 0.0796 e. The Bertz CT molecular complexity index is 261. The van der Waals surface area contributed by atoms with Crippen molar-refractivity contribution >= 4 is 12.6 Å². The number of hydrogen-bond donors (Lipinski definition) is 1. The molecular weight excluding hydrogens is 216 g/mol. The normalized spacial score (nSPS) is 12.6. The minimum Gasteiger partial charge on any atom is -0.374 e. The van der Waals surface area contributed by atoms with Gasteiger partial charge in [0.15, 0.2) is 0 Å². The predicted octanol–water partition coefficient (Wildman–Crippen LogP) is 4.25. The van der Waals surface area contributed by atoms with Gasteiger partial charge in [0.05, 0.1) is 6.10 Å². The van der Waals surface area contributed by atoms with Gasteiger partial charge in [-0.25, -0.2) is 0 Å². The van der Waals surface area contributed by atoms with E-state index in [-0.39, 0.29) is 6.10 Å². The van der Waals surface area contributed by atoms with Crippen LogP contribution in [0.5, 0.6) is 0 Å². The molecule has 0 radical (unpaired) electrons. The molecule has 2 heteroatoms. The molecule has 1 rings (SSSR count). The first kappa shape index (κ1) is 13.6. The van der Waals surface area contributed by atoms with Gasteiger partial charge < -0.3 is 4.74 Å². The topological polar surface area (TPSA) is 9.23 Å². The van der Waals surface area contributed by atoms with E-state index in [0.29, 0.717) is 0 Å². The van der Waals surface area contributed by atoms with Crippen LogP contribution in [0.2, 0.25) is 0 Å². The third kappa shape index (κ3) is 5.57. The zero-order chi connectivity index (χ0) is 11.6. The molecule has 16 heavy (non-hydrogen) atoms. The summed E-state index contributed by atoms with van der Waals surface area (Å²) in [6.45, 7) is 2.98. The van der Waals surface area contributed by atoms with Crippen molar-refractivity contribution in [1.82, 2.24) is 0 Å². The maximum Gasteiger partial charge on any atom is 0.0796 e. The molecule has 1 nitrogen and oxygen atoms in total. The Hall–Kier alpha value is -0.470. The van der Waals surface area contributed by atoms with E-state index in [1.807, 2.05) is 6.07 Å². The van der Waals surface area contributed by atoms with Crippen molar-refractivity contribution in [3.05, 3.63) is 35.9 Å². The van der Waals surface area contributed by atoms with Crippen LogP contribution in [0.3, 0.4) is 0 Å². The van der Waals surface area contributed by atoms with Crippen LogP contribution in [0.15, 0.2) is 30.3 Å². The highest BCUT2D eigenvalue weighted by Gasteiger charge is 2.03. The second-order valence-corrected chi connectivity index (χ2v) is 4.51. The Morgan fingerprint density at radius 1 is 1.06 bits per heavy atom. The van der Waals surface area contributed by atoms with Gasteiger partial charge in [-0.05, 0) is 31.1 Å². The van der Waals surface area contributed by atoms with Crippen molar-refractivity contribution < 1.29 is 4.74 Å². The van der Waals surface area contributed by atoms with Crippen molar-refractivity contribution in [3.8, 4) is 0 Å². The van der Waals surface area contributed by atoms with Gasteiger partial charge in [0.25, 0.3) is 0 Å². The lowest BCUT2D eigenvalue weighted by atomic mass is 10.1. The summed E-state index contributed by atoms with van der Waals surface area (Å²) < 4.78 is 5.79. The number of thiol groups is 1. The number of benzene rings is 1. The molecule has 0 spiro atoms. The van der Waals surface area contributed by atoms with Gasteiger partial charge in [0.2, 0.25) is 0 Å². The first-order valence-corrected chi connectivity index (χ1v) is 6.75. The van der Waals surface area contributed by atoms with Crippen LogP contribution >= 0.6 is 12.6 Å². The SMILES string of the molecule is CC(OCCCCCCS)c1ccccc1. The second kappa shape index (κ2) is 8.66. The van der Waals surface area contributed by atoms with Crippen LogP contribution < -0.4 is 0 Å². The first-order valence-electron chi connectivity index (χ1n) is 6.12. The van der Waals surface area contributed by atoms with Crippen molar-refractivity contribution in [2.45, 2.75) is 38.7 Å². The lowest BCUT2D eigenvalue weighted by molar-refractivity contribution is 0.0628. The van der Waals surface area contributed by atoms with Crippen LogP contribution in [-0.2, 0) is 4.74 Å². The van der Waals surface area contributed by atoms with E-state index < -0.39 is 0 Å². The molecule has 0 aromatic heterocycles. The standard InChI is InChI=1S/C14H22OS/c1-13(14-9-5-4-6-10-14)15-11-7-2-3-8-12-16/h4-6,9-10,13,16H,2-3,7-8,11-12H2,1H3. The fourth-order valence-electron chi connectivity index (χ4n) is 1.65. The van der Waals surface area contributed by atoms with Gasteiger partial charge in [-0.1, -0.05) is 43.2 Å². The summed E-state index contributed by atoms with van der Waals surface area (Å²) in [6.07, 6.45) is 5.11. The molecule has 1 atom stereocenters. The molecule has 1 unspecified atom stereocenters. The summed E-state index contributed by atoms with van der Waals surface area (Å²) in [6, 6.07) is 10.4. The maximum atomic E-state index is 5.79. The first-order chi connectivity index (χ1) is 7.84. The number of hydrogen-bond acceptors (Lipinski definition) is 2. The zero-order valence-electron chi connectivity index (χ0n) is 10.1. The monoisotopic (exact) mass is 238 g/mol. The van der Waals surface area contributed by atoms with Crippen LogP contribution in [0.1, 0.15) is 44.3 Å². The fourth-order valence-corrected chi connectivity index (χ4v) is 1.87. The lowest BCUT2D eigenvalue weighted by Crippen LogP contribution is -2.01. The fraction of sp³-hybridized carbons (Fsp3) is 0.571. The average molecular weight is 238 g/mol. The molecule has 1 aromatic carbocycles. The molecule has 0 amide bonds. The van der Waals surface area contributed by atoms with Crippen LogP contribution in [0.4, 0.5) is 0 Å². The zero-order valence-corrected chi connectivity index (χ0v) is 11.0. The van der Waals surface area contributed by atoms with Crippen LogP contribution in [-0.4, -0.2) is 12.4 Å². The molecule has 0 fully saturated rings. The highest BCUT2D eigenvalue weighted by atomic mass is 32.1. The molecule has 0 aliphatic rings. The molecule has 90 valence electrons. The Morgan fingerprint density at radius 3 is 2.44 bits per heavy atom. The van der Waals surface area contributed by atoms with E-state index in [1.165, 1.54) is 24.8 Å². The molecule has 1 aromatic rings. The highest BCUT2D eigenvalue weighted by molar-refractivity contribution is 7.80. The van der Waals surface area contributed by atoms with Crippen molar-refractivity contribution in [1.29, 1.82) is 0 Å². The molecule has 0 N–H and O–H groups in total. The molecule has 0 bridgehead atoms. The van der Waals surface area contributed by atoms with Crippen molar-refractivity contribution in [3.63, 3.8) is 0 Å². The van der Waals surface area contributed by atoms with E-state index in [9.17, 15) is 0 Å². The quantitative estimate of drug-likeness (QED) is 0.526. The summed E-state index contributed by atoms with van der Waals surface area (Å²) in [5, 5.41) is 0. The summed E-state index contributed by atoms with van der Waals surface area (Å²) in [5.41, 5.74) is 1.26. The third-order valence-corrected chi connectivity index (χ3v) is 3.01. The predicted molar refractivity (Wildman–Crippen MR) is 73.1 cm³/mol. The maximum absolute atomic E-state index is 5.79. The summed E-state index contributed by atoms with van der Waals surface area (Å²) in [4.78, 5) is 0. The minimum atomic E-state index is 0.214. The molecule has 0 aliphatic carbocycles. The summed E-state index contributed by atoms with van der Waals surface area (Å²) >= 11 is 4.19. The number of ether oxygens (including phenoxy) is 1. The van der Waals surface area contributed by atoms with Gasteiger partial charge in [-0.2, -0.15) is 12.6 Å². The van der Waals surface area contributed by atoms with E-state index >= 15 is 0 Å². The van der Waals surface area contributed by atoms with E-state index in [0.717, 1.165) is 18.8 Å². The molecule has 0 aliphatic heterocycles. The summed E-state index contributed by atoms with van der Waals surface area (Å²) in [7, 11) is 0. The van der Waals surface area contributed by atoms with Crippen molar-refractivity contribution in [2.75, 3.05) is 12.4 Å². The molecular formula is C14H22OS. The second-order valence-electron chi connectivity index (χ2n) is 4.06. The lowest BCUT2D eigenvalue weighted by Gasteiger charge is -2.13. The number of unbranched alkanes of at least 4 members (excludes halogenated alkanes) is 3. The van der Waals surface area contributed by atoms with E-state index in [2.05, 4.69) is 43.8 Å². The van der Waals surface area contributed by atoms with Gasteiger partial charge >= 0.3 is 0 Å². The largest absolute Gasteiger partial charge is 0.374 e. The summed E-state index contributed by atoms with van der Waals surface area (Å²) in [5.74, 6) is 1.00. The van der Waals surface area contributed by atoms with Crippen LogP contribution in [0.25, 0.3) is 0 Å². The van der Waals surface area contributed by atoms with Gasteiger partial charge in [-0.15, -0.1) is 0 Å². The van der Waals surface area contributed by atoms with Gasteiger partial charge in [0, 0.05) is 6.61 Å². The van der Waals surface area contributed by atoms with E-state index in [4.69, 9.17) is 4.74 Å². The van der Waals surface area contributed by atoms with Crippen LogP contribution in [0, 0.1) is 0 Å². The Morgan fingerprint density at radius 2 is 1.75 bits per heavy atom. The van der Waals surface area contributed by atoms with Gasteiger partial charge in [-0.3, -0.25) is 0 Å². The molecule has 0 saturated carbocycles. The van der Waals surface area contributed by atoms with Gasteiger partial charge in [0.1, 0.15) is 0 Å².